The van der Waals surface area contributed by atoms with E-state index in [1.807, 2.05) is 0 Å². The monoisotopic (exact) mass is 262 g/mol. The van der Waals surface area contributed by atoms with Gasteiger partial charge in [0.15, 0.2) is 0 Å². The highest BCUT2D eigenvalue weighted by atomic mass is 15.1. The molecule has 2 heteroatoms. The summed E-state index contributed by atoms with van der Waals surface area (Å²) in [6.45, 7) is 8.81. The van der Waals surface area contributed by atoms with E-state index in [1.165, 1.54) is 36.9 Å². The van der Waals surface area contributed by atoms with E-state index in [4.69, 9.17) is 0 Å². The SMILES string of the molecule is CCCCCN(C)Cc1ccc(CCNCC)cc1. The molecule has 0 amide bonds. The molecule has 0 aliphatic heterocycles. The van der Waals surface area contributed by atoms with Crippen molar-refractivity contribution in [3.05, 3.63) is 35.4 Å². The molecular weight excluding hydrogens is 232 g/mol. The Morgan fingerprint density at radius 2 is 1.68 bits per heavy atom. The molecule has 19 heavy (non-hydrogen) atoms. The zero-order valence-electron chi connectivity index (χ0n) is 12.9. The van der Waals surface area contributed by atoms with E-state index in [9.17, 15) is 0 Å². The Labute approximate surface area is 119 Å². The van der Waals surface area contributed by atoms with Gasteiger partial charge in [-0.3, -0.25) is 0 Å². The van der Waals surface area contributed by atoms with Crippen LogP contribution in [0.25, 0.3) is 0 Å². The molecule has 1 aromatic rings. The summed E-state index contributed by atoms with van der Waals surface area (Å²) in [4.78, 5) is 2.42. The van der Waals surface area contributed by atoms with Crippen molar-refractivity contribution in [2.24, 2.45) is 0 Å². The Kier molecular flexibility index (Phi) is 8.52. The van der Waals surface area contributed by atoms with Gasteiger partial charge in [-0.15, -0.1) is 0 Å². The van der Waals surface area contributed by atoms with Crippen molar-refractivity contribution in [2.75, 3.05) is 26.7 Å². The molecule has 1 rings (SSSR count). The zero-order chi connectivity index (χ0) is 13.9. The summed E-state index contributed by atoms with van der Waals surface area (Å²) in [5.74, 6) is 0. The van der Waals surface area contributed by atoms with Gasteiger partial charge in [0.1, 0.15) is 0 Å². The predicted octanol–water partition coefficient (Wildman–Crippen LogP) is 3.46. The predicted molar refractivity (Wildman–Crippen MR) is 84.5 cm³/mol. The molecule has 0 bridgehead atoms. The second kappa shape index (κ2) is 9.99. The minimum absolute atomic E-state index is 1.06. The topological polar surface area (TPSA) is 15.3 Å². The van der Waals surface area contributed by atoms with Crippen molar-refractivity contribution in [1.29, 1.82) is 0 Å². The summed E-state index contributed by atoms with van der Waals surface area (Å²) < 4.78 is 0. The van der Waals surface area contributed by atoms with Gasteiger partial charge in [0.25, 0.3) is 0 Å². The van der Waals surface area contributed by atoms with Crippen LogP contribution in [0, 0.1) is 0 Å². The van der Waals surface area contributed by atoms with Crippen molar-refractivity contribution in [2.45, 2.75) is 46.1 Å². The van der Waals surface area contributed by atoms with E-state index in [-0.39, 0.29) is 0 Å². The van der Waals surface area contributed by atoms with Crippen molar-refractivity contribution in [3.8, 4) is 0 Å². The molecule has 0 unspecified atom stereocenters. The fraction of sp³-hybridized carbons (Fsp3) is 0.647. The van der Waals surface area contributed by atoms with Crippen molar-refractivity contribution in [3.63, 3.8) is 0 Å². The Morgan fingerprint density at radius 1 is 1.00 bits per heavy atom. The quantitative estimate of drug-likeness (QED) is 0.650. The maximum atomic E-state index is 3.36. The third-order valence-electron chi connectivity index (χ3n) is 3.46. The number of rotatable bonds is 10. The number of unbranched alkanes of at least 4 members (excludes halogenated alkanes) is 2. The van der Waals surface area contributed by atoms with Crippen LogP contribution < -0.4 is 5.32 Å². The van der Waals surface area contributed by atoms with Crippen LogP contribution in [0.4, 0.5) is 0 Å². The smallest absolute Gasteiger partial charge is 0.0230 e. The molecule has 0 fully saturated rings. The molecule has 0 saturated carbocycles. The second-order valence-corrected chi connectivity index (χ2v) is 5.36. The normalized spacial score (nSPS) is 11.2. The molecule has 0 aromatic heterocycles. The number of hydrogen-bond acceptors (Lipinski definition) is 2. The molecule has 0 saturated heterocycles. The molecule has 1 N–H and O–H groups in total. The summed E-state index contributed by atoms with van der Waals surface area (Å²) in [6, 6.07) is 9.09. The van der Waals surface area contributed by atoms with E-state index in [0.717, 1.165) is 26.1 Å². The number of nitrogens with zero attached hydrogens (tertiary/aromatic N) is 1. The van der Waals surface area contributed by atoms with E-state index < -0.39 is 0 Å². The zero-order valence-corrected chi connectivity index (χ0v) is 12.9. The van der Waals surface area contributed by atoms with Gasteiger partial charge < -0.3 is 10.2 Å². The average molecular weight is 262 g/mol. The molecule has 108 valence electrons. The van der Waals surface area contributed by atoms with Gasteiger partial charge >= 0.3 is 0 Å². The molecule has 0 heterocycles. The average Bonchev–Trinajstić information content (AvgIpc) is 2.41. The highest BCUT2D eigenvalue weighted by Crippen LogP contribution is 2.08. The highest BCUT2D eigenvalue weighted by molar-refractivity contribution is 5.22. The molecule has 2 nitrogen and oxygen atoms in total. The third-order valence-corrected chi connectivity index (χ3v) is 3.46. The third kappa shape index (κ3) is 7.34. The second-order valence-electron chi connectivity index (χ2n) is 5.36. The van der Waals surface area contributed by atoms with Gasteiger partial charge in [-0.05, 0) is 50.7 Å². The molecule has 0 radical (unpaired) electrons. The Morgan fingerprint density at radius 3 is 2.32 bits per heavy atom. The molecule has 0 aliphatic carbocycles. The van der Waals surface area contributed by atoms with E-state index >= 15 is 0 Å². The van der Waals surface area contributed by atoms with Crippen LogP contribution in [-0.4, -0.2) is 31.6 Å². The molecular formula is C17H30N2. The maximum absolute atomic E-state index is 3.36. The van der Waals surface area contributed by atoms with Crippen molar-refractivity contribution >= 4 is 0 Å². The number of likely N-dealkylation sites (N-methyl/N-ethyl adjacent to an activating group) is 1. The lowest BCUT2D eigenvalue weighted by atomic mass is 10.1. The summed E-state index contributed by atoms with van der Waals surface area (Å²) >= 11 is 0. The fourth-order valence-electron chi connectivity index (χ4n) is 2.24. The van der Waals surface area contributed by atoms with Gasteiger partial charge in [-0.25, -0.2) is 0 Å². The minimum Gasteiger partial charge on any atom is -0.317 e. The van der Waals surface area contributed by atoms with Gasteiger partial charge in [0.05, 0.1) is 0 Å². The first-order valence-corrected chi connectivity index (χ1v) is 7.73. The van der Waals surface area contributed by atoms with Crippen LogP contribution >= 0.6 is 0 Å². The van der Waals surface area contributed by atoms with Crippen molar-refractivity contribution in [1.82, 2.24) is 10.2 Å². The first-order chi connectivity index (χ1) is 9.26. The summed E-state index contributed by atoms with van der Waals surface area (Å²) in [7, 11) is 2.22. The van der Waals surface area contributed by atoms with Crippen LogP contribution in [0.3, 0.4) is 0 Å². The number of hydrogen-bond donors (Lipinski definition) is 1. The van der Waals surface area contributed by atoms with Crippen molar-refractivity contribution < 1.29 is 0 Å². The van der Waals surface area contributed by atoms with Crippen LogP contribution in [-0.2, 0) is 13.0 Å². The molecule has 0 aliphatic rings. The molecule has 1 aromatic carbocycles. The minimum atomic E-state index is 1.06. The Balaban J connectivity index is 2.30. The fourth-order valence-corrected chi connectivity index (χ4v) is 2.24. The van der Waals surface area contributed by atoms with Crippen LogP contribution in [0.5, 0.6) is 0 Å². The van der Waals surface area contributed by atoms with Crippen LogP contribution in [0.1, 0.15) is 44.2 Å². The lowest BCUT2D eigenvalue weighted by Crippen LogP contribution is -2.19. The number of nitrogens with one attached hydrogen (secondary N) is 1. The lowest BCUT2D eigenvalue weighted by molar-refractivity contribution is 0.318. The molecule has 0 atom stereocenters. The summed E-state index contributed by atoms with van der Waals surface area (Å²) in [5, 5.41) is 3.36. The summed E-state index contributed by atoms with van der Waals surface area (Å²) in [5.41, 5.74) is 2.85. The maximum Gasteiger partial charge on any atom is 0.0230 e. The van der Waals surface area contributed by atoms with Gasteiger partial charge in [0.2, 0.25) is 0 Å². The Hall–Kier alpha value is -0.860. The van der Waals surface area contributed by atoms with Gasteiger partial charge in [0, 0.05) is 6.54 Å². The lowest BCUT2D eigenvalue weighted by Gasteiger charge is -2.16. The largest absolute Gasteiger partial charge is 0.317 e. The van der Waals surface area contributed by atoms with E-state index in [2.05, 4.69) is 55.4 Å². The van der Waals surface area contributed by atoms with Gasteiger partial charge in [-0.2, -0.15) is 0 Å². The number of benzene rings is 1. The Bertz CT molecular complexity index is 319. The van der Waals surface area contributed by atoms with Gasteiger partial charge in [-0.1, -0.05) is 51.0 Å². The molecule has 0 spiro atoms. The van der Waals surface area contributed by atoms with E-state index in [1.54, 1.807) is 0 Å². The van der Waals surface area contributed by atoms with Crippen LogP contribution in [0.2, 0.25) is 0 Å². The standard InChI is InChI=1S/C17H30N2/c1-4-6-7-14-19(3)15-17-10-8-16(9-11-17)12-13-18-5-2/h8-11,18H,4-7,12-15H2,1-3H3. The first-order valence-electron chi connectivity index (χ1n) is 7.73. The summed E-state index contributed by atoms with van der Waals surface area (Å²) in [6.07, 6.45) is 5.08. The first kappa shape index (κ1) is 16.2. The van der Waals surface area contributed by atoms with E-state index in [0.29, 0.717) is 0 Å². The van der Waals surface area contributed by atoms with Crippen LogP contribution in [0.15, 0.2) is 24.3 Å². The highest BCUT2D eigenvalue weighted by Gasteiger charge is 2.00.